The molecular weight excluding hydrogens is 670 g/mol. The molecule has 2 aliphatic carbocycles. The van der Waals surface area contributed by atoms with Crippen molar-refractivity contribution in [3.05, 3.63) is 87.9 Å². The third-order valence-electron chi connectivity index (χ3n) is 11.4. The second-order valence-corrected chi connectivity index (χ2v) is 16.5. The first-order chi connectivity index (χ1) is 24.2. The quantitative estimate of drug-likeness (QED) is 0.227. The fourth-order valence-electron chi connectivity index (χ4n) is 8.85. The van der Waals surface area contributed by atoms with Gasteiger partial charge in [0.1, 0.15) is 5.75 Å². The predicted octanol–water partition coefficient (Wildman–Crippen LogP) is 6.55. The molecule has 1 saturated heterocycles. The van der Waals surface area contributed by atoms with Crippen LogP contribution < -0.4 is 14.8 Å². The molecule has 0 bridgehead atoms. The lowest BCUT2D eigenvalue weighted by atomic mass is 9.81. The molecule has 50 heavy (non-hydrogen) atoms. The van der Waals surface area contributed by atoms with Gasteiger partial charge in [0.15, 0.2) is 11.2 Å². The van der Waals surface area contributed by atoms with Crippen molar-refractivity contribution in [1.29, 1.82) is 0 Å². The van der Waals surface area contributed by atoms with Crippen LogP contribution in [0.1, 0.15) is 83.5 Å². The van der Waals surface area contributed by atoms with Gasteiger partial charge in [0.25, 0.3) is 5.91 Å². The third kappa shape index (κ3) is 5.74. The summed E-state index contributed by atoms with van der Waals surface area (Å²) < 4.78 is 24.7. The number of aromatic nitrogens is 1. The molecule has 4 aromatic rings. The minimum atomic E-state index is -1.65. The highest BCUT2D eigenvalue weighted by atomic mass is 35.5. The standard InChI is InChI=1S/C39H44ClN5O4S/c1-43(2)50(48)42-37(46)26-12-14-30-34(19-26)45-23-39(38(47)44-17-16-41-33(22-44)25-10-7-11-27(40)18-25)21-32(39)31-20-28(49-3)13-15-29(31)36(45)35(30)24-8-5-4-6-9-24/h7,10-15,18-20,24,32-33,41H,4-6,8-9,16-17,21-23H2,1-3H3,(H,42,46). The number of fused-ring (bicyclic) bond motifs is 7. The number of piperazine rings is 1. The van der Waals surface area contributed by atoms with Crippen molar-refractivity contribution in [2.24, 2.45) is 5.41 Å². The minimum absolute atomic E-state index is 0.00665. The molecule has 262 valence electrons. The van der Waals surface area contributed by atoms with E-state index in [4.69, 9.17) is 16.3 Å². The van der Waals surface area contributed by atoms with E-state index >= 15 is 4.79 Å². The smallest absolute Gasteiger partial charge is 0.264 e. The molecule has 2 aliphatic heterocycles. The number of halogens is 1. The first kappa shape index (κ1) is 33.4. The van der Waals surface area contributed by atoms with Crippen LogP contribution in [0.15, 0.2) is 60.7 Å². The van der Waals surface area contributed by atoms with E-state index in [1.165, 1.54) is 29.1 Å². The summed E-state index contributed by atoms with van der Waals surface area (Å²) in [7, 11) is 5.02. The summed E-state index contributed by atoms with van der Waals surface area (Å²) in [5.41, 5.74) is 6.63. The van der Waals surface area contributed by atoms with Crippen LogP contribution in [0.5, 0.6) is 5.75 Å². The van der Waals surface area contributed by atoms with Crippen molar-refractivity contribution in [3.63, 3.8) is 0 Å². The maximum atomic E-state index is 15.0. The molecule has 9 nitrogen and oxygen atoms in total. The molecule has 2 saturated carbocycles. The van der Waals surface area contributed by atoms with Gasteiger partial charge in [-0.25, -0.2) is 8.51 Å². The Labute approximate surface area is 301 Å². The van der Waals surface area contributed by atoms with Crippen molar-refractivity contribution >= 4 is 45.5 Å². The van der Waals surface area contributed by atoms with Crippen molar-refractivity contribution in [2.75, 3.05) is 40.8 Å². The number of rotatable bonds is 7. The van der Waals surface area contributed by atoms with Crippen molar-refractivity contribution in [1.82, 2.24) is 23.8 Å². The van der Waals surface area contributed by atoms with Crippen molar-refractivity contribution < 1.29 is 18.5 Å². The van der Waals surface area contributed by atoms with Gasteiger partial charge in [-0.15, -0.1) is 0 Å². The number of hydrogen-bond acceptors (Lipinski definition) is 5. The van der Waals surface area contributed by atoms with E-state index in [0.29, 0.717) is 42.7 Å². The van der Waals surface area contributed by atoms with Crippen molar-refractivity contribution in [3.8, 4) is 17.0 Å². The van der Waals surface area contributed by atoms with E-state index in [1.54, 1.807) is 21.2 Å². The van der Waals surface area contributed by atoms with Gasteiger partial charge in [-0.2, -0.15) is 0 Å². The van der Waals surface area contributed by atoms with Crippen LogP contribution in [0.4, 0.5) is 0 Å². The number of amides is 2. The lowest BCUT2D eigenvalue weighted by molar-refractivity contribution is -0.139. The number of nitrogens with zero attached hydrogens (tertiary/aromatic N) is 3. The molecule has 4 atom stereocenters. The molecule has 4 aliphatic rings. The maximum Gasteiger partial charge on any atom is 0.264 e. The van der Waals surface area contributed by atoms with Crippen LogP contribution in [0, 0.1) is 5.41 Å². The monoisotopic (exact) mass is 713 g/mol. The molecule has 0 spiro atoms. The number of ether oxygens (including phenoxy) is 1. The number of hydrogen-bond donors (Lipinski definition) is 2. The average Bonchev–Trinajstić information content (AvgIpc) is 3.81. The SMILES string of the molecule is COc1ccc2c(c1)C1CC1(C(=O)N1CCNC(c3cccc(Cl)c3)C1)Cn1c-2c(C2CCCCC2)c2ccc(C(=O)NS(=O)N(C)C)cc21. The maximum absolute atomic E-state index is 15.0. The molecule has 3 aromatic carbocycles. The number of methoxy groups -OCH3 is 1. The Bertz CT molecular complexity index is 2020. The van der Waals surface area contributed by atoms with Gasteiger partial charge in [0, 0.05) is 79.3 Å². The second-order valence-electron chi connectivity index (χ2n) is 14.6. The number of nitrogens with one attached hydrogen (secondary N) is 2. The Morgan fingerprint density at radius 1 is 1.06 bits per heavy atom. The van der Waals surface area contributed by atoms with Gasteiger partial charge in [0.05, 0.1) is 18.2 Å². The Hall–Kier alpha value is -3.70. The molecule has 3 fully saturated rings. The average molecular weight is 714 g/mol. The van der Waals surface area contributed by atoms with Gasteiger partial charge in [-0.1, -0.05) is 49.1 Å². The first-order valence-corrected chi connectivity index (χ1v) is 19.2. The minimum Gasteiger partial charge on any atom is -0.497 e. The molecule has 1 aromatic heterocycles. The van der Waals surface area contributed by atoms with Crippen LogP contribution in [-0.2, 0) is 22.5 Å². The summed E-state index contributed by atoms with van der Waals surface area (Å²) in [5, 5.41) is 5.41. The Morgan fingerprint density at radius 2 is 1.88 bits per heavy atom. The summed E-state index contributed by atoms with van der Waals surface area (Å²) in [6.45, 7) is 2.42. The zero-order chi connectivity index (χ0) is 34.7. The summed E-state index contributed by atoms with van der Waals surface area (Å²) in [5.74, 6) is 0.995. The van der Waals surface area contributed by atoms with Crippen LogP contribution in [0.25, 0.3) is 22.2 Å². The molecule has 3 heterocycles. The first-order valence-electron chi connectivity index (χ1n) is 17.7. The summed E-state index contributed by atoms with van der Waals surface area (Å²) in [6, 6.07) is 20.1. The van der Waals surface area contributed by atoms with Gasteiger partial charge in [-0.3, -0.25) is 14.3 Å². The van der Waals surface area contributed by atoms with E-state index in [0.717, 1.165) is 58.3 Å². The van der Waals surface area contributed by atoms with Gasteiger partial charge in [-0.05, 0) is 84.3 Å². The number of benzene rings is 3. The van der Waals surface area contributed by atoms with Gasteiger partial charge < -0.3 is 19.5 Å². The number of carbonyl (C=O) groups excluding carboxylic acids is 2. The lowest BCUT2D eigenvalue weighted by Gasteiger charge is -2.36. The topological polar surface area (TPSA) is 95.9 Å². The van der Waals surface area contributed by atoms with E-state index < -0.39 is 22.5 Å². The van der Waals surface area contributed by atoms with Crippen LogP contribution >= 0.6 is 11.6 Å². The van der Waals surface area contributed by atoms with E-state index in [-0.39, 0.29) is 17.9 Å². The molecule has 8 rings (SSSR count). The van der Waals surface area contributed by atoms with Crippen LogP contribution in [0.2, 0.25) is 5.02 Å². The number of carbonyl (C=O) groups is 2. The predicted molar refractivity (Wildman–Crippen MR) is 198 cm³/mol. The van der Waals surface area contributed by atoms with E-state index in [2.05, 4.69) is 43.8 Å². The normalized spacial score (nSPS) is 23.8. The lowest BCUT2D eigenvalue weighted by Crippen LogP contribution is -2.51. The molecule has 11 heteroatoms. The van der Waals surface area contributed by atoms with Crippen LogP contribution in [-0.4, -0.2) is 70.6 Å². The third-order valence-corrected chi connectivity index (χ3v) is 12.7. The summed E-state index contributed by atoms with van der Waals surface area (Å²) in [6.07, 6.45) is 6.58. The Balaban J connectivity index is 1.26. The van der Waals surface area contributed by atoms with Gasteiger partial charge in [0.2, 0.25) is 5.91 Å². The Kier molecular flexibility index (Phi) is 8.78. The molecular formula is C39H44ClN5O4S. The summed E-state index contributed by atoms with van der Waals surface area (Å²) >= 11 is 4.71. The fraction of sp³-hybridized carbons (Fsp3) is 0.436. The summed E-state index contributed by atoms with van der Waals surface area (Å²) in [4.78, 5) is 30.5. The molecule has 4 unspecified atom stereocenters. The zero-order valence-electron chi connectivity index (χ0n) is 28.8. The highest BCUT2D eigenvalue weighted by Gasteiger charge is 2.64. The second kappa shape index (κ2) is 13.1. The molecule has 2 amide bonds. The fourth-order valence-corrected chi connectivity index (χ4v) is 9.51. The zero-order valence-corrected chi connectivity index (χ0v) is 30.4. The highest BCUT2D eigenvalue weighted by Crippen LogP contribution is 2.66. The van der Waals surface area contributed by atoms with Gasteiger partial charge >= 0.3 is 0 Å². The van der Waals surface area contributed by atoms with Crippen LogP contribution in [0.3, 0.4) is 0 Å². The highest BCUT2D eigenvalue weighted by molar-refractivity contribution is 7.81. The molecule has 0 radical (unpaired) electrons. The largest absolute Gasteiger partial charge is 0.497 e. The van der Waals surface area contributed by atoms with Crippen molar-refractivity contribution in [2.45, 2.75) is 62.9 Å². The van der Waals surface area contributed by atoms with E-state index in [1.807, 2.05) is 36.4 Å². The Morgan fingerprint density at radius 3 is 2.64 bits per heavy atom. The van der Waals surface area contributed by atoms with E-state index in [9.17, 15) is 9.00 Å². The molecule has 2 N–H and O–H groups in total.